The number of imidazole rings is 1. The summed E-state index contributed by atoms with van der Waals surface area (Å²) in [6.07, 6.45) is 0. The summed E-state index contributed by atoms with van der Waals surface area (Å²) < 4.78 is 10.5. The van der Waals surface area contributed by atoms with Crippen molar-refractivity contribution < 1.29 is 9.47 Å². The molecule has 5 nitrogen and oxygen atoms in total. The molecule has 0 spiro atoms. The van der Waals surface area contributed by atoms with Gasteiger partial charge in [-0.2, -0.15) is 0 Å². The molecule has 0 aliphatic rings. The van der Waals surface area contributed by atoms with Gasteiger partial charge in [-0.25, -0.2) is 4.98 Å². The first kappa shape index (κ1) is 14.8. The van der Waals surface area contributed by atoms with Crippen LogP contribution in [0.5, 0.6) is 11.5 Å². The number of halogens is 2. The van der Waals surface area contributed by atoms with Crippen LogP contribution >= 0.6 is 23.2 Å². The lowest BCUT2D eigenvalue weighted by molar-refractivity contribution is 0.356. The van der Waals surface area contributed by atoms with E-state index in [1.54, 1.807) is 38.5 Å². The Morgan fingerprint density at radius 2 is 1.59 bits per heavy atom. The van der Waals surface area contributed by atoms with E-state index in [1.807, 2.05) is 6.07 Å². The number of aromatic nitrogens is 2. The predicted molar refractivity (Wildman–Crippen MR) is 88.9 cm³/mol. The van der Waals surface area contributed by atoms with E-state index in [2.05, 4.69) is 15.3 Å². The summed E-state index contributed by atoms with van der Waals surface area (Å²) in [5.41, 5.74) is 2.33. The molecule has 0 fully saturated rings. The maximum Gasteiger partial charge on any atom is 0.205 e. The van der Waals surface area contributed by atoms with E-state index in [4.69, 9.17) is 32.7 Å². The quantitative estimate of drug-likeness (QED) is 0.728. The van der Waals surface area contributed by atoms with Crippen molar-refractivity contribution in [1.29, 1.82) is 0 Å². The van der Waals surface area contributed by atoms with Gasteiger partial charge in [-0.15, -0.1) is 0 Å². The van der Waals surface area contributed by atoms with Crippen LogP contribution < -0.4 is 14.8 Å². The third-order valence-corrected chi connectivity index (χ3v) is 3.55. The Morgan fingerprint density at radius 3 is 2.23 bits per heavy atom. The van der Waals surface area contributed by atoms with Crippen LogP contribution in [-0.4, -0.2) is 24.2 Å². The molecule has 22 heavy (non-hydrogen) atoms. The molecule has 0 aliphatic heterocycles. The second-order valence-electron chi connectivity index (χ2n) is 4.59. The number of fused-ring (bicyclic) bond motifs is 1. The van der Waals surface area contributed by atoms with Crippen LogP contribution in [0.3, 0.4) is 0 Å². The molecule has 0 saturated heterocycles. The molecule has 0 saturated carbocycles. The molecule has 3 rings (SSSR count). The van der Waals surface area contributed by atoms with Gasteiger partial charge in [0.15, 0.2) is 11.5 Å². The number of hydrogen-bond acceptors (Lipinski definition) is 4. The number of hydrogen-bond donors (Lipinski definition) is 2. The van der Waals surface area contributed by atoms with Crippen molar-refractivity contribution in [3.63, 3.8) is 0 Å². The average molecular weight is 338 g/mol. The number of benzene rings is 2. The van der Waals surface area contributed by atoms with Crippen molar-refractivity contribution >= 4 is 45.9 Å². The molecule has 1 heterocycles. The summed E-state index contributed by atoms with van der Waals surface area (Å²) in [7, 11) is 3.18. The van der Waals surface area contributed by atoms with Crippen molar-refractivity contribution in [3.8, 4) is 11.5 Å². The van der Waals surface area contributed by atoms with Gasteiger partial charge in [0.25, 0.3) is 0 Å². The molecule has 2 aromatic carbocycles. The molecular formula is C15H13Cl2N3O2. The Labute approximate surface area is 137 Å². The SMILES string of the molecule is COc1cc2nc(Nc3cc(Cl)cc(Cl)c3)[nH]c2cc1OC. The fourth-order valence-electron chi connectivity index (χ4n) is 2.16. The van der Waals surface area contributed by atoms with Crippen molar-refractivity contribution in [2.75, 3.05) is 19.5 Å². The van der Waals surface area contributed by atoms with Gasteiger partial charge in [0.1, 0.15) is 0 Å². The van der Waals surface area contributed by atoms with E-state index in [1.165, 1.54) is 0 Å². The van der Waals surface area contributed by atoms with Gasteiger partial charge in [-0.1, -0.05) is 23.2 Å². The maximum atomic E-state index is 5.99. The standard InChI is InChI=1S/C15H13Cl2N3O2/c1-21-13-6-11-12(7-14(13)22-2)20-15(19-11)18-10-4-8(16)3-9(17)5-10/h3-7H,1-2H3,(H2,18,19,20). The third-order valence-electron chi connectivity index (χ3n) is 3.11. The Balaban J connectivity index is 1.98. The van der Waals surface area contributed by atoms with Gasteiger partial charge >= 0.3 is 0 Å². The predicted octanol–water partition coefficient (Wildman–Crippen LogP) is 4.63. The second-order valence-corrected chi connectivity index (χ2v) is 5.47. The number of anilines is 2. The molecule has 7 heteroatoms. The van der Waals surface area contributed by atoms with Crippen molar-refractivity contribution in [1.82, 2.24) is 9.97 Å². The molecule has 0 aliphatic carbocycles. The van der Waals surface area contributed by atoms with Crippen molar-refractivity contribution in [2.24, 2.45) is 0 Å². The first-order chi connectivity index (χ1) is 10.6. The zero-order chi connectivity index (χ0) is 15.7. The zero-order valence-corrected chi connectivity index (χ0v) is 13.4. The van der Waals surface area contributed by atoms with Crippen LogP contribution in [-0.2, 0) is 0 Å². The fourth-order valence-corrected chi connectivity index (χ4v) is 2.68. The highest BCUT2D eigenvalue weighted by Gasteiger charge is 2.10. The lowest BCUT2D eigenvalue weighted by Gasteiger charge is -2.06. The zero-order valence-electron chi connectivity index (χ0n) is 11.9. The topological polar surface area (TPSA) is 59.2 Å². The summed E-state index contributed by atoms with van der Waals surface area (Å²) in [4.78, 5) is 7.63. The van der Waals surface area contributed by atoms with E-state index in [9.17, 15) is 0 Å². The Kier molecular flexibility index (Phi) is 4.00. The van der Waals surface area contributed by atoms with Gasteiger partial charge in [0.05, 0.1) is 25.3 Å². The highest BCUT2D eigenvalue weighted by Crippen LogP contribution is 2.32. The van der Waals surface area contributed by atoms with Gasteiger partial charge in [-0.05, 0) is 18.2 Å². The van der Waals surface area contributed by atoms with E-state index in [0.29, 0.717) is 27.5 Å². The molecule has 3 aromatic rings. The lowest BCUT2D eigenvalue weighted by Crippen LogP contribution is -1.91. The average Bonchev–Trinajstić information content (AvgIpc) is 2.85. The number of nitrogens with one attached hydrogen (secondary N) is 2. The van der Waals surface area contributed by atoms with Crippen LogP contribution in [0.2, 0.25) is 10.0 Å². The number of methoxy groups -OCH3 is 2. The lowest BCUT2D eigenvalue weighted by atomic mass is 10.3. The first-order valence-corrected chi connectivity index (χ1v) is 7.19. The van der Waals surface area contributed by atoms with E-state index in [-0.39, 0.29) is 0 Å². The summed E-state index contributed by atoms with van der Waals surface area (Å²) >= 11 is 12.0. The largest absolute Gasteiger partial charge is 0.493 e. The molecule has 0 atom stereocenters. The number of ether oxygens (including phenoxy) is 2. The monoisotopic (exact) mass is 337 g/mol. The fraction of sp³-hybridized carbons (Fsp3) is 0.133. The Morgan fingerprint density at radius 1 is 0.955 bits per heavy atom. The van der Waals surface area contributed by atoms with Crippen molar-refractivity contribution in [3.05, 3.63) is 40.4 Å². The maximum absolute atomic E-state index is 5.99. The molecule has 0 radical (unpaired) electrons. The second kappa shape index (κ2) is 5.94. The van der Waals surface area contributed by atoms with Gasteiger partial charge in [-0.3, -0.25) is 0 Å². The molecule has 1 aromatic heterocycles. The number of rotatable bonds is 4. The van der Waals surface area contributed by atoms with Gasteiger partial charge in [0, 0.05) is 27.9 Å². The van der Waals surface area contributed by atoms with Crippen LogP contribution in [0.15, 0.2) is 30.3 Å². The van der Waals surface area contributed by atoms with Crippen molar-refractivity contribution in [2.45, 2.75) is 0 Å². The number of H-pyrrole nitrogens is 1. The molecular weight excluding hydrogens is 325 g/mol. The van der Waals surface area contributed by atoms with E-state index in [0.717, 1.165) is 16.7 Å². The number of nitrogens with zero attached hydrogens (tertiary/aromatic N) is 1. The normalized spacial score (nSPS) is 10.7. The smallest absolute Gasteiger partial charge is 0.205 e. The minimum Gasteiger partial charge on any atom is -0.493 e. The molecule has 114 valence electrons. The highest BCUT2D eigenvalue weighted by molar-refractivity contribution is 6.35. The molecule has 0 amide bonds. The first-order valence-electron chi connectivity index (χ1n) is 6.44. The summed E-state index contributed by atoms with van der Waals surface area (Å²) in [5, 5.41) is 4.23. The highest BCUT2D eigenvalue weighted by atomic mass is 35.5. The van der Waals surface area contributed by atoms with Gasteiger partial charge < -0.3 is 19.8 Å². The van der Waals surface area contributed by atoms with Crippen LogP contribution in [0.4, 0.5) is 11.6 Å². The molecule has 0 bridgehead atoms. The number of aromatic amines is 1. The van der Waals surface area contributed by atoms with Gasteiger partial charge in [0.2, 0.25) is 5.95 Å². The summed E-state index contributed by atoms with van der Waals surface area (Å²) in [5.74, 6) is 1.83. The van der Waals surface area contributed by atoms with E-state index >= 15 is 0 Å². The van der Waals surface area contributed by atoms with Crippen LogP contribution in [0.25, 0.3) is 11.0 Å². The third kappa shape index (κ3) is 2.91. The van der Waals surface area contributed by atoms with E-state index < -0.39 is 0 Å². The van der Waals surface area contributed by atoms with Crippen LogP contribution in [0.1, 0.15) is 0 Å². The minimum absolute atomic E-state index is 0.550. The Hall–Kier alpha value is -2.11. The molecule has 2 N–H and O–H groups in total. The minimum atomic E-state index is 0.550. The summed E-state index contributed by atoms with van der Waals surface area (Å²) in [6, 6.07) is 8.84. The van der Waals surface area contributed by atoms with Crippen LogP contribution in [0, 0.1) is 0 Å². The summed E-state index contributed by atoms with van der Waals surface area (Å²) in [6.45, 7) is 0. The Bertz CT molecular complexity index is 772. The molecule has 0 unspecified atom stereocenters.